The molecule has 0 spiro atoms. The molecule has 248 valence electrons. The van der Waals surface area contributed by atoms with Crippen LogP contribution in [0.3, 0.4) is 0 Å². The molecule has 0 radical (unpaired) electrons. The van der Waals surface area contributed by atoms with Crippen molar-refractivity contribution < 1.29 is 0 Å². The van der Waals surface area contributed by atoms with Crippen LogP contribution in [0.5, 0.6) is 0 Å². The van der Waals surface area contributed by atoms with Crippen molar-refractivity contribution in [3.8, 4) is 20.9 Å². The van der Waals surface area contributed by atoms with Crippen LogP contribution in [0.2, 0.25) is 0 Å². The molecule has 0 atom stereocenters. The first kappa shape index (κ1) is 31.3. The fourth-order valence-electron chi connectivity index (χ4n) is 7.29. The lowest BCUT2D eigenvalue weighted by atomic mass is 9.73. The highest BCUT2D eigenvalue weighted by Gasteiger charge is 2.37. The van der Waals surface area contributed by atoms with Gasteiger partial charge in [-0.3, -0.25) is 0 Å². The quantitative estimate of drug-likeness (QED) is 0.165. The predicted octanol–water partition coefficient (Wildman–Crippen LogP) is 13.4. The Balaban J connectivity index is 1.00. The van der Waals surface area contributed by atoms with Crippen LogP contribution in [0.25, 0.3) is 68.1 Å². The van der Waals surface area contributed by atoms with Crippen molar-refractivity contribution in [1.29, 1.82) is 0 Å². The lowest BCUT2D eigenvalue weighted by molar-refractivity contribution is 0.632. The highest BCUT2D eigenvalue weighted by atomic mass is 32.1. The number of benzene rings is 5. The number of anilines is 3. The minimum Gasteiger partial charge on any atom is -0.310 e. The van der Waals surface area contributed by atoms with Gasteiger partial charge in [0.2, 0.25) is 5.70 Å². The Morgan fingerprint density at radius 1 is 0.692 bits per heavy atom. The molecule has 5 aromatic carbocycles. The first-order valence-corrected chi connectivity index (χ1v) is 20.0. The molecule has 5 heterocycles. The van der Waals surface area contributed by atoms with Crippen LogP contribution >= 0.6 is 45.7 Å². The third-order valence-corrected chi connectivity index (χ3v) is 13.8. The molecular formula is C43H27N5S4. The standard InChI is InChI=1S/C43H27N5S4/c1-43(2)29-13-7-9-15-33(29)48(27-11-5-4-6-12-27)34-20-18-25(21-30(34)43)36-23-38-39(49-36)24-37(50-38)28-19-17-26(40-41(28)47-52-46-40)22-32(44-3)42-45-31-14-8-10-16-35(31)51-42/h4-24H,1-2H3/b32-22-. The summed E-state index contributed by atoms with van der Waals surface area (Å²) in [4.78, 5) is 13.4. The topological polar surface area (TPSA) is 46.3 Å². The number of hydrogen-bond donors (Lipinski definition) is 0. The van der Waals surface area contributed by atoms with Crippen molar-refractivity contribution in [3.05, 3.63) is 154 Å². The number of hydrogen-bond acceptors (Lipinski definition) is 8. The molecule has 5 nitrogen and oxygen atoms in total. The van der Waals surface area contributed by atoms with E-state index < -0.39 is 0 Å². The Morgan fingerprint density at radius 3 is 2.27 bits per heavy atom. The Kier molecular flexibility index (Phi) is 7.24. The molecule has 4 aromatic heterocycles. The molecule has 0 N–H and O–H groups in total. The second kappa shape index (κ2) is 12.0. The van der Waals surface area contributed by atoms with Gasteiger partial charge in [-0.1, -0.05) is 80.6 Å². The number of fused-ring (bicyclic) bond motifs is 5. The first-order chi connectivity index (χ1) is 25.5. The second-order valence-electron chi connectivity index (χ2n) is 13.3. The maximum Gasteiger partial charge on any atom is 0.222 e. The molecule has 0 unspecified atom stereocenters. The molecule has 9 heteroatoms. The van der Waals surface area contributed by atoms with Crippen molar-refractivity contribution in [2.75, 3.05) is 4.90 Å². The SMILES string of the molecule is [C-]#[N+]/C(=C\c1ccc(-c2cc3sc(-c4ccc5c(c4)C(C)(C)c4ccccc4N5c4ccccc4)cc3s2)c2nsnc12)c1nc2ccccc2s1. The molecule has 0 saturated carbocycles. The van der Waals surface area contributed by atoms with Crippen LogP contribution in [0.4, 0.5) is 17.1 Å². The van der Waals surface area contributed by atoms with Crippen molar-refractivity contribution in [2.45, 2.75) is 19.3 Å². The number of thiazole rings is 1. The summed E-state index contributed by atoms with van der Waals surface area (Å²) in [7, 11) is 0. The molecule has 9 aromatic rings. The number of para-hydroxylation sites is 3. The monoisotopic (exact) mass is 741 g/mol. The van der Waals surface area contributed by atoms with Gasteiger partial charge in [0.25, 0.3) is 0 Å². The molecule has 1 aliphatic rings. The zero-order chi connectivity index (χ0) is 35.0. The maximum absolute atomic E-state index is 7.92. The zero-order valence-corrected chi connectivity index (χ0v) is 31.3. The van der Waals surface area contributed by atoms with E-state index in [9.17, 15) is 0 Å². The van der Waals surface area contributed by atoms with Crippen LogP contribution in [0, 0.1) is 6.57 Å². The first-order valence-electron chi connectivity index (χ1n) is 16.8. The Morgan fingerprint density at radius 2 is 1.42 bits per heavy atom. The summed E-state index contributed by atoms with van der Waals surface area (Å²) in [6.07, 6.45) is 1.90. The fraction of sp³-hybridized carbons (Fsp3) is 0.0698. The third-order valence-electron chi connectivity index (χ3n) is 9.87. The average molecular weight is 742 g/mol. The molecule has 52 heavy (non-hydrogen) atoms. The van der Waals surface area contributed by atoms with E-state index in [1.807, 2.05) is 41.7 Å². The highest BCUT2D eigenvalue weighted by molar-refractivity contribution is 7.31. The minimum absolute atomic E-state index is 0.159. The summed E-state index contributed by atoms with van der Waals surface area (Å²) in [5, 5.41) is 0.715. The van der Waals surface area contributed by atoms with Crippen molar-refractivity contribution in [1.82, 2.24) is 13.7 Å². The molecule has 0 saturated heterocycles. The number of aromatic nitrogens is 3. The summed E-state index contributed by atoms with van der Waals surface area (Å²) >= 11 is 6.37. The molecule has 10 rings (SSSR count). The summed E-state index contributed by atoms with van der Waals surface area (Å²) < 4.78 is 13.0. The van der Waals surface area contributed by atoms with E-state index in [0.717, 1.165) is 38.1 Å². The van der Waals surface area contributed by atoms with Crippen molar-refractivity contribution >= 4 is 105 Å². The van der Waals surface area contributed by atoms with Gasteiger partial charge in [-0.25, -0.2) is 9.83 Å². The zero-order valence-electron chi connectivity index (χ0n) is 28.0. The second-order valence-corrected chi connectivity index (χ2v) is 17.0. The lowest BCUT2D eigenvalue weighted by Crippen LogP contribution is -2.30. The Labute approximate surface area is 316 Å². The lowest BCUT2D eigenvalue weighted by Gasteiger charge is -2.42. The van der Waals surface area contributed by atoms with Crippen LogP contribution in [0.15, 0.2) is 121 Å². The van der Waals surface area contributed by atoms with E-state index >= 15 is 0 Å². The largest absolute Gasteiger partial charge is 0.310 e. The summed E-state index contributed by atoms with van der Waals surface area (Å²) in [5.74, 6) is 0. The van der Waals surface area contributed by atoms with Gasteiger partial charge in [-0.2, -0.15) is 8.75 Å². The minimum atomic E-state index is -0.159. The summed E-state index contributed by atoms with van der Waals surface area (Å²) in [6.45, 7) is 12.6. The predicted molar refractivity (Wildman–Crippen MR) is 222 cm³/mol. The van der Waals surface area contributed by atoms with Gasteiger partial charge >= 0.3 is 0 Å². The maximum atomic E-state index is 7.92. The fourth-order valence-corrected chi connectivity index (χ4v) is 11.2. The Bertz CT molecular complexity index is 2850. The summed E-state index contributed by atoms with van der Waals surface area (Å²) in [6, 6.07) is 43.2. The van der Waals surface area contributed by atoms with E-state index in [1.165, 1.54) is 70.3 Å². The summed E-state index contributed by atoms with van der Waals surface area (Å²) in [5.41, 5.74) is 12.4. The molecule has 0 fully saturated rings. The molecule has 0 bridgehead atoms. The molecule has 0 aliphatic carbocycles. The number of nitrogens with zero attached hydrogens (tertiary/aromatic N) is 5. The van der Waals surface area contributed by atoms with E-state index in [2.05, 4.69) is 125 Å². The smallest absolute Gasteiger partial charge is 0.222 e. The van der Waals surface area contributed by atoms with E-state index in [0.29, 0.717) is 10.7 Å². The Hall–Kier alpha value is -5.50. The van der Waals surface area contributed by atoms with Gasteiger partial charge in [-0.05, 0) is 82.9 Å². The van der Waals surface area contributed by atoms with Crippen molar-refractivity contribution in [3.63, 3.8) is 0 Å². The number of thiophene rings is 2. The molecular weight excluding hydrogens is 715 g/mol. The number of rotatable bonds is 5. The van der Waals surface area contributed by atoms with Gasteiger partial charge in [0.15, 0.2) is 0 Å². The van der Waals surface area contributed by atoms with Crippen molar-refractivity contribution in [2.24, 2.45) is 0 Å². The highest BCUT2D eigenvalue weighted by Crippen LogP contribution is 2.53. The van der Waals surface area contributed by atoms with Gasteiger partial charge in [-0.15, -0.1) is 34.0 Å². The molecule has 0 amide bonds. The average Bonchev–Trinajstić information content (AvgIpc) is 3.98. The van der Waals surface area contributed by atoms with E-state index in [4.69, 9.17) is 15.9 Å². The normalized spacial score (nSPS) is 13.8. The van der Waals surface area contributed by atoms with E-state index in [1.54, 1.807) is 11.3 Å². The van der Waals surface area contributed by atoms with Gasteiger partial charge in [0.05, 0.1) is 39.9 Å². The van der Waals surface area contributed by atoms with Crippen LogP contribution in [0.1, 0.15) is 35.5 Å². The van der Waals surface area contributed by atoms with Gasteiger partial charge in [0.1, 0.15) is 16.0 Å². The molecule has 1 aliphatic heterocycles. The third kappa shape index (κ3) is 4.94. The van der Waals surface area contributed by atoms with Gasteiger partial charge < -0.3 is 4.90 Å². The van der Waals surface area contributed by atoms with Gasteiger partial charge in [0, 0.05) is 35.8 Å². The van der Waals surface area contributed by atoms with E-state index in [-0.39, 0.29) is 5.41 Å². The van der Waals surface area contributed by atoms with Crippen LogP contribution < -0.4 is 4.90 Å². The van der Waals surface area contributed by atoms with Crippen LogP contribution in [-0.4, -0.2) is 13.7 Å². The van der Waals surface area contributed by atoms with Crippen LogP contribution in [-0.2, 0) is 5.41 Å².